The van der Waals surface area contributed by atoms with Crippen LogP contribution in [0.25, 0.3) is 0 Å². The SMILES string of the molecule is CNCCC1CCCCN1S(=O)(=O)c1cc(Cl)ccc1Cl. The van der Waals surface area contributed by atoms with Crippen LogP contribution in [0.2, 0.25) is 10.0 Å². The summed E-state index contributed by atoms with van der Waals surface area (Å²) in [6, 6.07) is 4.58. The molecule has 1 saturated heterocycles. The lowest BCUT2D eigenvalue weighted by molar-refractivity contribution is 0.240. The highest BCUT2D eigenvalue weighted by atomic mass is 35.5. The van der Waals surface area contributed by atoms with Crippen molar-refractivity contribution in [3.05, 3.63) is 28.2 Å². The molecule has 2 rings (SSSR count). The average Bonchev–Trinajstić information content (AvgIpc) is 2.47. The third-order valence-electron chi connectivity index (χ3n) is 3.78. The number of hydrogen-bond acceptors (Lipinski definition) is 3. The molecule has 7 heteroatoms. The molecule has 118 valence electrons. The summed E-state index contributed by atoms with van der Waals surface area (Å²) in [5, 5.41) is 3.67. The molecule has 0 bridgehead atoms. The fourth-order valence-corrected chi connectivity index (χ4v) is 5.15. The van der Waals surface area contributed by atoms with Crippen LogP contribution >= 0.6 is 23.2 Å². The third kappa shape index (κ3) is 3.90. The summed E-state index contributed by atoms with van der Waals surface area (Å²) in [6.07, 6.45) is 3.63. The molecule has 4 nitrogen and oxygen atoms in total. The van der Waals surface area contributed by atoms with Crippen molar-refractivity contribution in [2.45, 2.75) is 36.6 Å². The first-order chi connectivity index (χ1) is 9.96. The van der Waals surface area contributed by atoms with Crippen LogP contribution in [0.5, 0.6) is 0 Å². The highest BCUT2D eigenvalue weighted by molar-refractivity contribution is 7.89. The Balaban J connectivity index is 2.33. The second-order valence-electron chi connectivity index (χ2n) is 5.23. The van der Waals surface area contributed by atoms with Gasteiger partial charge < -0.3 is 5.32 Å². The van der Waals surface area contributed by atoms with Crippen LogP contribution in [0.4, 0.5) is 0 Å². The molecule has 1 unspecified atom stereocenters. The Kier molecular flexibility index (Phi) is 5.91. The lowest BCUT2D eigenvalue weighted by atomic mass is 10.0. The van der Waals surface area contributed by atoms with Crippen LogP contribution in [-0.2, 0) is 10.0 Å². The first-order valence-electron chi connectivity index (χ1n) is 7.08. The lowest BCUT2D eigenvalue weighted by Crippen LogP contribution is -2.44. The molecule has 0 amide bonds. The number of nitrogens with zero attached hydrogens (tertiary/aromatic N) is 1. The number of piperidine rings is 1. The number of halogens is 2. The molecule has 1 heterocycles. The highest BCUT2D eigenvalue weighted by Crippen LogP contribution is 2.32. The molecule has 0 spiro atoms. The molecular weight excluding hydrogens is 331 g/mol. The van der Waals surface area contributed by atoms with Crippen molar-refractivity contribution in [1.29, 1.82) is 0 Å². The van der Waals surface area contributed by atoms with E-state index in [1.807, 2.05) is 7.05 Å². The lowest BCUT2D eigenvalue weighted by Gasteiger charge is -2.35. The number of hydrogen-bond donors (Lipinski definition) is 1. The van der Waals surface area contributed by atoms with E-state index in [9.17, 15) is 8.42 Å². The third-order valence-corrected chi connectivity index (χ3v) is 6.45. The highest BCUT2D eigenvalue weighted by Gasteiger charge is 2.34. The van der Waals surface area contributed by atoms with E-state index in [-0.39, 0.29) is 16.0 Å². The van der Waals surface area contributed by atoms with Crippen molar-refractivity contribution in [2.75, 3.05) is 20.1 Å². The van der Waals surface area contributed by atoms with Gasteiger partial charge in [-0.25, -0.2) is 8.42 Å². The van der Waals surface area contributed by atoms with Gasteiger partial charge in [-0.1, -0.05) is 29.6 Å². The van der Waals surface area contributed by atoms with Crippen LogP contribution in [0, 0.1) is 0 Å². The minimum absolute atomic E-state index is 0.0197. The number of nitrogens with one attached hydrogen (secondary N) is 1. The van der Waals surface area contributed by atoms with Gasteiger partial charge in [0, 0.05) is 17.6 Å². The fraction of sp³-hybridized carbons (Fsp3) is 0.571. The van der Waals surface area contributed by atoms with Crippen molar-refractivity contribution in [1.82, 2.24) is 9.62 Å². The van der Waals surface area contributed by atoms with Crippen molar-refractivity contribution >= 4 is 33.2 Å². The quantitative estimate of drug-likeness (QED) is 0.887. The predicted molar refractivity (Wildman–Crippen MR) is 86.5 cm³/mol. The van der Waals surface area contributed by atoms with Gasteiger partial charge in [-0.2, -0.15) is 4.31 Å². The van der Waals surface area contributed by atoms with Crippen LogP contribution in [-0.4, -0.2) is 38.9 Å². The van der Waals surface area contributed by atoms with E-state index in [4.69, 9.17) is 23.2 Å². The normalized spacial score (nSPS) is 20.6. The Bertz CT molecular complexity index is 593. The van der Waals surface area contributed by atoms with Gasteiger partial charge in [0.25, 0.3) is 0 Å². The van der Waals surface area contributed by atoms with E-state index in [2.05, 4.69) is 5.32 Å². The van der Waals surface area contributed by atoms with Crippen molar-refractivity contribution in [3.63, 3.8) is 0 Å². The predicted octanol–water partition coefficient (Wildman–Crippen LogP) is 3.15. The zero-order valence-electron chi connectivity index (χ0n) is 12.0. The van der Waals surface area contributed by atoms with E-state index in [0.29, 0.717) is 11.6 Å². The summed E-state index contributed by atoms with van der Waals surface area (Å²) >= 11 is 12.0. The standard InChI is InChI=1S/C14H20Cl2N2O2S/c1-17-8-7-12-4-2-3-9-18(12)21(19,20)14-10-11(15)5-6-13(14)16/h5-6,10,12,17H,2-4,7-9H2,1H3. The van der Waals surface area contributed by atoms with E-state index in [0.717, 1.165) is 32.2 Å². The molecule has 21 heavy (non-hydrogen) atoms. The van der Waals surface area contributed by atoms with Gasteiger partial charge >= 0.3 is 0 Å². The largest absolute Gasteiger partial charge is 0.320 e. The fourth-order valence-electron chi connectivity index (χ4n) is 2.69. The van der Waals surface area contributed by atoms with E-state index in [1.54, 1.807) is 10.4 Å². The van der Waals surface area contributed by atoms with E-state index in [1.165, 1.54) is 12.1 Å². The van der Waals surface area contributed by atoms with Crippen molar-refractivity contribution < 1.29 is 8.42 Å². The number of benzene rings is 1. The van der Waals surface area contributed by atoms with Crippen molar-refractivity contribution in [2.24, 2.45) is 0 Å². The molecule has 0 saturated carbocycles. The summed E-state index contributed by atoms with van der Waals surface area (Å²) < 4.78 is 27.4. The van der Waals surface area contributed by atoms with Crippen LogP contribution in [0.1, 0.15) is 25.7 Å². The second kappa shape index (κ2) is 7.29. The number of rotatable bonds is 5. The summed E-state index contributed by atoms with van der Waals surface area (Å²) in [6.45, 7) is 1.33. The van der Waals surface area contributed by atoms with Crippen molar-refractivity contribution in [3.8, 4) is 0 Å². The molecule has 0 radical (unpaired) electrons. The molecule has 1 fully saturated rings. The Morgan fingerprint density at radius 2 is 2.10 bits per heavy atom. The summed E-state index contributed by atoms with van der Waals surface area (Å²) in [7, 11) is -1.74. The second-order valence-corrected chi connectivity index (χ2v) is 7.93. The Morgan fingerprint density at radius 3 is 2.81 bits per heavy atom. The monoisotopic (exact) mass is 350 g/mol. The van der Waals surface area contributed by atoms with Gasteiger partial charge in [0.15, 0.2) is 0 Å². The maximum Gasteiger partial charge on any atom is 0.244 e. The zero-order chi connectivity index (χ0) is 15.5. The van der Waals surface area contributed by atoms with Gasteiger partial charge in [-0.15, -0.1) is 0 Å². The minimum atomic E-state index is -3.61. The maximum absolute atomic E-state index is 12.9. The average molecular weight is 351 g/mol. The topological polar surface area (TPSA) is 49.4 Å². The molecular formula is C14H20Cl2N2O2S. The summed E-state index contributed by atoms with van der Waals surface area (Å²) in [5.74, 6) is 0. The summed E-state index contributed by atoms with van der Waals surface area (Å²) in [4.78, 5) is 0.105. The molecule has 1 atom stereocenters. The first kappa shape index (κ1) is 17.0. The molecule has 1 aliphatic rings. The minimum Gasteiger partial charge on any atom is -0.320 e. The Hall–Kier alpha value is -0.330. The van der Waals surface area contributed by atoms with Crippen LogP contribution in [0.3, 0.4) is 0 Å². The van der Waals surface area contributed by atoms with Gasteiger partial charge in [0.2, 0.25) is 10.0 Å². The van der Waals surface area contributed by atoms with E-state index < -0.39 is 10.0 Å². The van der Waals surface area contributed by atoms with Gasteiger partial charge in [-0.05, 0) is 51.1 Å². The smallest absolute Gasteiger partial charge is 0.244 e. The van der Waals surface area contributed by atoms with E-state index >= 15 is 0 Å². The molecule has 1 aromatic rings. The first-order valence-corrected chi connectivity index (χ1v) is 9.28. The van der Waals surface area contributed by atoms with Gasteiger partial charge in [0.05, 0.1) is 5.02 Å². The molecule has 1 aliphatic heterocycles. The molecule has 1 aromatic carbocycles. The number of sulfonamides is 1. The Morgan fingerprint density at radius 1 is 1.33 bits per heavy atom. The molecule has 0 aliphatic carbocycles. The Labute approximate surface area is 136 Å². The maximum atomic E-state index is 12.9. The zero-order valence-corrected chi connectivity index (χ0v) is 14.3. The van der Waals surface area contributed by atoms with Gasteiger partial charge in [-0.3, -0.25) is 0 Å². The summed E-state index contributed by atoms with van der Waals surface area (Å²) in [5.41, 5.74) is 0. The van der Waals surface area contributed by atoms with Crippen LogP contribution in [0.15, 0.2) is 23.1 Å². The van der Waals surface area contributed by atoms with Crippen LogP contribution < -0.4 is 5.32 Å². The van der Waals surface area contributed by atoms with Gasteiger partial charge in [0.1, 0.15) is 4.90 Å². The molecule has 0 aromatic heterocycles. The molecule has 1 N–H and O–H groups in total.